The molecule has 0 spiro atoms. The second kappa shape index (κ2) is 8.96. The molecule has 0 aliphatic carbocycles. The zero-order valence-corrected chi connectivity index (χ0v) is 17.3. The van der Waals surface area contributed by atoms with Gasteiger partial charge in [-0.2, -0.15) is 0 Å². The third-order valence-electron chi connectivity index (χ3n) is 3.71. The molecular formula is C19H18BrN3O3S. The van der Waals surface area contributed by atoms with Crippen molar-refractivity contribution in [1.82, 2.24) is 15.3 Å². The van der Waals surface area contributed by atoms with E-state index in [-0.39, 0.29) is 5.91 Å². The molecule has 0 saturated carbocycles. The fourth-order valence-corrected chi connectivity index (χ4v) is 3.74. The predicted octanol–water partition coefficient (Wildman–Crippen LogP) is 4.30. The molecule has 0 fully saturated rings. The normalized spacial score (nSPS) is 10.5. The van der Waals surface area contributed by atoms with Gasteiger partial charge in [-0.15, -0.1) is 11.3 Å². The summed E-state index contributed by atoms with van der Waals surface area (Å²) in [5, 5.41) is 5.68. The monoisotopic (exact) mass is 447 g/mol. The van der Waals surface area contributed by atoms with Crippen molar-refractivity contribution in [3.05, 3.63) is 57.1 Å². The minimum atomic E-state index is -0.210. The number of nitrogens with one attached hydrogen (secondary N) is 1. The first kappa shape index (κ1) is 19.3. The first-order valence-corrected chi connectivity index (χ1v) is 9.93. The zero-order valence-electron chi connectivity index (χ0n) is 14.9. The lowest BCUT2D eigenvalue weighted by Gasteiger charge is -2.13. The highest BCUT2D eigenvalue weighted by molar-refractivity contribution is 9.10. The van der Waals surface area contributed by atoms with Gasteiger partial charge in [-0.25, -0.2) is 4.98 Å². The highest BCUT2D eigenvalue weighted by Crippen LogP contribution is 2.36. The summed E-state index contributed by atoms with van der Waals surface area (Å²) in [7, 11) is 1.54. The molecule has 0 unspecified atom stereocenters. The molecular weight excluding hydrogens is 430 g/mol. The summed E-state index contributed by atoms with van der Waals surface area (Å²) in [5.74, 6) is 0.877. The summed E-state index contributed by atoms with van der Waals surface area (Å²) >= 11 is 4.93. The van der Waals surface area contributed by atoms with E-state index >= 15 is 0 Å². The Morgan fingerprint density at radius 1 is 1.30 bits per heavy atom. The van der Waals surface area contributed by atoms with Crippen LogP contribution < -0.4 is 14.8 Å². The van der Waals surface area contributed by atoms with Crippen molar-refractivity contribution >= 4 is 33.2 Å². The minimum absolute atomic E-state index is 0.210. The van der Waals surface area contributed by atoms with Gasteiger partial charge in [-0.1, -0.05) is 0 Å². The quantitative estimate of drug-likeness (QED) is 0.584. The molecule has 0 aliphatic rings. The maximum atomic E-state index is 12.5. The number of hydrogen-bond donors (Lipinski definition) is 1. The summed E-state index contributed by atoms with van der Waals surface area (Å²) in [6.45, 7) is 2.74. The largest absolute Gasteiger partial charge is 0.493 e. The van der Waals surface area contributed by atoms with Gasteiger partial charge in [0.15, 0.2) is 11.5 Å². The Balaban J connectivity index is 1.69. The van der Waals surface area contributed by atoms with Crippen molar-refractivity contribution in [3.8, 4) is 22.8 Å². The first-order valence-electron chi connectivity index (χ1n) is 8.25. The van der Waals surface area contributed by atoms with Crippen molar-refractivity contribution in [2.75, 3.05) is 13.7 Å². The van der Waals surface area contributed by atoms with Crippen molar-refractivity contribution in [2.45, 2.75) is 13.5 Å². The van der Waals surface area contributed by atoms with Crippen LogP contribution in [0.25, 0.3) is 11.3 Å². The van der Waals surface area contributed by atoms with Crippen LogP contribution in [-0.2, 0) is 6.54 Å². The third-order valence-corrected chi connectivity index (χ3v) is 5.15. The molecule has 8 heteroatoms. The van der Waals surface area contributed by atoms with E-state index in [9.17, 15) is 4.79 Å². The molecule has 3 rings (SSSR count). The average Bonchev–Trinajstić information content (AvgIpc) is 3.17. The van der Waals surface area contributed by atoms with Gasteiger partial charge in [0.05, 0.1) is 30.4 Å². The number of nitrogens with zero attached hydrogens (tertiary/aromatic N) is 2. The molecule has 2 heterocycles. The predicted molar refractivity (Wildman–Crippen MR) is 108 cm³/mol. The molecule has 6 nitrogen and oxygen atoms in total. The van der Waals surface area contributed by atoms with Crippen LogP contribution >= 0.6 is 27.3 Å². The number of thiazole rings is 1. The van der Waals surface area contributed by atoms with Crippen LogP contribution in [0.5, 0.6) is 11.5 Å². The van der Waals surface area contributed by atoms with E-state index < -0.39 is 0 Å². The van der Waals surface area contributed by atoms with Crippen molar-refractivity contribution in [3.63, 3.8) is 0 Å². The molecule has 0 aliphatic heterocycles. The molecule has 0 bridgehead atoms. The Bertz CT molecular complexity index is 931. The lowest BCUT2D eigenvalue weighted by atomic mass is 10.2. The number of rotatable bonds is 7. The van der Waals surface area contributed by atoms with Crippen LogP contribution in [0.15, 0.2) is 46.5 Å². The number of carbonyl (C=O) groups excluding carboxylic acids is 1. The SMILES string of the molecule is CCOc1c(Br)cc(C(=O)NCc2nc(-c3ccncc3)cs2)cc1OC. The molecule has 27 heavy (non-hydrogen) atoms. The maximum Gasteiger partial charge on any atom is 0.251 e. The molecule has 2 aromatic heterocycles. The summed E-state index contributed by atoms with van der Waals surface area (Å²) < 4.78 is 11.6. The Morgan fingerprint density at radius 2 is 2.07 bits per heavy atom. The van der Waals surface area contributed by atoms with Gasteiger partial charge in [-0.05, 0) is 47.1 Å². The Labute approximate surface area is 169 Å². The second-order valence-corrected chi connectivity index (χ2v) is 7.26. The lowest BCUT2D eigenvalue weighted by molar-refractivity contribution is 0.0950. The standard InChI is InChI=1S/C19H18BrN3O3S/c1-3-26-18-14(20)8-13(9-16(18)25-2)19(24)22-10-17-23-15(11-27-17)12-4-6-21-7-5-12/h4-9,11H,3,10H2,1-2H3,(H,22,24). The molecule has 140 valence electrons. The molecule has 0 radical (unpaired) electrons. The summed E-state index contributed by atoms with van der Waals surface area (Å²) in [5.41, 5.74) is 2.35. The van der Waals surface area contributed by atoms with Crippen LogP contribution in [0, 0.1) is 0 Å². The summed E-state index contributed by atoms with van der Waals surface area (Å²) in [6.07, 6.45) is 3.46. The number of halogens is 1. The fourth-order valence-electron chi connectivity index (χ4n) is 2.44. The van der Waals surface area contributed by atoms with Gasteiger partial charge >= 0.3 is 0 Å². The van der Waals surface area contributed by atoms with Crippen molar-refractivity contribution < 1.29 is 14.3 Å². The van der Waals surface area contributed by atoms with E-state index in [1.54, 1.807) is 31.6 Å². The van der Waals surface area contributed by atoms with Gasteiger partial charge in [0.1, 0.15) is 5.01 Å². The minimum Gasteiger partial charge on any atom is -0.493 e. The van der Waals surface area contributed by atoms with Gasteiger partial charge in [0, 0.05) is 28.9 Å². The van der Waals surface area contributed by atoms with Crippen molar-refractivity contribution in [2.24, 2.45) is 0 Å². The van der Waals surface area contributed by atoms with Crippen LogP contribution in [0.3, 0.4) is 0 Å². The highest BCUT2D eigenvalue weighted by atomic mass is 79.9. The van der Waals surface area contributed by atoms with E-state index in [1.807, 2.05) is 24.4 Å². The van der Waals surface area contributed by atoms with Gasteiger partial charge in [0.25, 0.3) is 5.91 Å². The first-order chi connectivity index (χ1) is 13.1. The second-order valence-electron chi connectivity index (χ2n) is 5.47. The number of carbonyl (C=O) groups is 1. The van der Waals surface area contributed by atoms with E-state index in [2.05, 4.69) is 31.2 Å². The number of methoxy groups -OCH3 is 1. The van der Waals surface area contributed by atoms with Gasteiger partial charge in [-0.3, -0.25) is 9.78 Å². The van der Waals surface area contributed by atoms with E-state index in [0.29, 0.717) is 34.7 Å². The number of ether oxygens (including phenoxy) is 2. The Hall–Kier alpha value is -2.45. The fraction of sp³-hybridized carbons (Fsp3) is 0.211. The van der Waals surface area contributed by atoms with Crippen LogP contribution in [0.1, 0.15) is 22.3 Å². The van der Waals surface area contributed by atoms with Crippen molar-refractivity contribution in [1.29, 1.82) is 0 Å². The third kappa shape index (κ3) is 4.64. The summed E-state index contributed by atoms with van der Waals surface area (Å²) in [6, 6.07) is 7.19. The number of pyridine rings is 1. The molecule has 0 atom stereocenters. The maximum absolute atomic E-state index is 12.5. The van der Waals surface area contributed by atoms with Gasteiger partial charge < -0.3 is 14.8 Å². The number of aromatic nitrogens is 2. The van der Waals surface area contributed by atoms with Crippen LogP contribution in [0.2, 0.25) is 0 Å². The topological polar surface area (TPSA) is 73.3 Å². The summed E-state index contributed by atoms with van der Waals surface area (Å²) in [4.78, 5) is 21.1. The number of benzene rings is 1. The van der Waals surface area contributed by atoms with Crippen LogP contribution in [0.4, 0.5) is 0 Å². The van der Waals surface area contributed by atoms with Crippen LogP contribution in [-0.4, -0.2) is 29.6 Å². The molecule has 0 saturated heterocycles. The Kier molecular flexibility index (Phi) is 6.41. The van der Waals surface area contributed by atoms with E-state index in [1.165, 1.54) is 11.3 Å². The molecule has 3 aromatic rings. The lowest BCUT2D eigenvalue weighted by Crippen LogP contribution is -2.22. The highest BCUT2D eigenvalue weighted by Gasteiger charge is 2.16. The smallest absolute Gasteiger partial charge is 0.251 e. The molecule has 1 N–H and O–H groups in total. The Morgan fingerprint density at radius 3 is 2.78 bits per heavy atom. The number of hydrogen-bond acceptors (Lipinski definition) is 6. The van der Waals surface area contributed by atoms with E-state index in [0.717, 1.165) is 16.3 Å². The zero-order chi connectivity index (χ0) is 19.2. The molecule has 1 amide bonds. The van der Waals surface area contributed by atoms with E-state index in [4.69, 9.17) is 9.47 Å². The molecule has 1 aromatic carbocycles. The van der Waals surface area contributed by atoms with Gasteiger partial charge in [0.2, 0.25) is 0 Å². The average molecular weight is 448 g/mol. The number of amides is 1.